The first kappa shape index (κ1) is 13.3. The maximum absolute atomic E-state index is 12.1. The van der Waals surface area contributed by atoms with Crippen LogP contribution in [0.5, 0.6) is 0 Å². The van der Waals surface area contributed by atoms with E-state index in [1.165, 1.54) is 0 Å². The van der Waals surface area contributed by atoms with Gasteiger partial charge in [0.1, 0.15) is 0 Å². The van der Waals surface area contributed by atoms with E-state index in [9.17, 15) is 22.0 Å². The number of hydrogen-bond donors (Lipinski definition) is 1. The van der Waals surface area contributed by atoms with Gasteiger partial charge >= 0.3 is 6.43 Å². The van der Waals surface area contributed by atoms with Gasteiger partial charge in [0.05, 0.1) is 6.26 Å². The third kappa shape index (κ3) is 4.01. The molecule has 1 atom stereocenters. The molecule has 0 bridgehead atoms. The molecule has 8 heteroatoms. The first-order valence-electron chi connectivity index (χ1n) is 4.84. The standard InChI is InChI=1S/C8H14F2N2O3S/c1-16(14,15)11-6-3-2-4-12(5-6)8(13)7(9)10/h6-7,11H,2-5H2,1H3. The third-order valence-electron chi connectivity index (χ3n) is 2.30. The third-order valence-corrected chi connectivity index (χ3v) is 3.06. The molecule has 1 aliphatic heterocycles. The van der Waals surface area contributed by atoms with Crippen molar-refractivity contribution in [3.8, 4) is 0 Å². The van der Waals surface area contributed by atoms with E-state index in [1.54, 1.807) is 0 Å². The van der Waals surface area contributed by atoms with Crippen LogP contribution in [0.2, 0.25) is 0 Å². The van der Waals surface area contributed by atoms with Gasteiger partial charge in [0.25, 0.3) is 5.91 Å². The SMILES string of the molecule is CS(=O)(=O)NC1CCCN(C(=O)C(F)F)C1. The Morgan fingerprint density at radius 1 is 1.50 bits per heavy atom. The molecule has 1 fully saturated rings. The number of sulfonamides is 1. The number of amides is 1. The zero-order valence-electron chi connectivity index (χ0n) is 8.82. The first-order chi connectivity index (χ1) is 7.29. The molecule has 1 unspecified atom stereocenters. The number of hydrogen-bond acceptors (Lipinski definition) is 3. The molecular formula is C8H14F2N2O3S. The lowest BCUT2D eigenvalue weighted by atomic mass is 10.1. The summed E-state index contributed by atoms with van der Waals surface area (Å²) >= 11 is 0. The lowest BCUT2D eigenvalue weighted by Crippen LogP contribution is -2.50. The topological polar surface area (TPSA) is 66.5 Å². The van der Waals surface area contributed by atoms with Crippen molar-refractivity contribution in [3.63, 3.8) is 0 Å². The Morgan fingerprint density at radius 2 is 2.12 bits per heavy atom. The molecular weight excluding hydrogens is 242 g/mol. The second-order valence-electron chi connectivity index (χ2n) is 3.81. The van der Waals surface area contributed by atoms with Crippen LogP contribution in [0.4, 0.5) is 8.78 Å². The highest BCUT2D eigenvalue weighted by Crippen LogP contribution is 2.13. The van der Waals surface area contributed by atoms with Crippen LogP contribution in [0.15, 0.2) is 0 Å². The summed E-state index contributed by atoms with van der Waals surface area (Å²) in [5.74, 6) is -1.24. The Balaban J connectivity index is 2.57. The van der Waals surface area contributed by atoms with Crippen LogP contribution in [0.1, 0.15) is 12.8 Å². The first-order valence-corrected chi connectivity index (χ1v) is 6.73. The van der Waals surface area contributed by atoms with Crippen molar-refractivity contribution in [2.75, 3.05) is 19.3 Å². The van der Waals surface area contributed by atoms with E-state index in [0.717, 1.165) is 11.2 Å². The Labute approximate surface area is 92.9 Å². The lowest BCUT2D eigenvalue weighted by Gasteiger charge is -2.32. The van der Waals surface area contributed by atoms with E-state index >= 15 is 0 Å². The van der Waals surface area contributed by atoms with Gasteiger partial charge in [-0.3, -0.25) is 4.79 Å². The monoisotopic (exact) mass is 256 g/mol. The predicted octanol–water partition coefficient (Wildman–Crippen LogP) is -0.208. The molecule has 1 N–H and O–H groups in total. The second-order valence-corrected chi connectivity index (χ2v) is 5.59. The largest absolute Gasteiger partial charge is 0.336 e. The molecule has 0 aromatic heterocycles. The summed E-state index contributed by atoms with van der Waals surface area (Å²) in [5.41, 5.74) is 0. The maximum atomic E-state index is 12.1. The number of rotatable bonds is 3. The number of likely N-dealkylation sites (tertiary alicyclic amines) is 1. The zero-order valence-corrected chi connectivity index (χ0v) is 9.64. The Morgan fingerprint density at radius 3 is 2.62 bits per heavy atom. The molecule has 0 spiro atoms. The molecule has 16 heavy (non-hydrogen) atoms. The summed E-state index contributed by atoms with van der Waals surface area (Å²) < 4.78 is 48.5. The van der Waals surface area contributed by atoms with Crippen LogP contribution < -0.4 is 4.72 Å². The van der Waals surface area contributed by atoms with Gasteiger partial charge in [0.2, 0.25) is 10.0 Å². The maximum Gasteiger partial charge on any atom is 0.315 e. The highest BCUT2D eigenvalue weighted by Gasteiger charge is 2.29. The smallest absolute Gasteiger partial charge is 0.315 e. The van der Waals surface area contributed by atoms with Crippen molar-refractivity contribution in [2.24, 2.45) is 0 Å². The zero-order chi connectivity index (χ0) is 12.3. The lowest BCUT2D eigenvalue weighted by molar-refractivity contribution is -0.144. The van der Waals surface area contributed by atoms with Gasteiger partial charge in [-0.2, -0.15) is 8.78 Å². The molecule has 1 heterocycles. The normalized spacial score (nSPS) is 22.5. The molecule has 1 aliphatic rings. The molecule has 1 amide bonds. The molecule has 94 valence electrons. The van der Waals surface area contributed by atoms with Crippen molar-refractivity contribution < 1.29 is 22.0 Å². The van der Waals surface area contributed by atoms with E-state index in [0.29, 0.717) is 12.8 Å². The summed E-state index contributed by atoms with van der Waals surface area (Å²) in [7, 11) is -3.37. The van der Waals surface area contributed by atoms with Crippen molar-refractivity contribution in [1.82, 2.24) is 9.62 Å². The average molecular weight is 256 g/mol. The van der Waals surface area contributed by atoms with Crippen molar-refractivity contribution in [3.05, 3.63) is 0 Å². The van der Waals surface area contributed by atoms with Gasteiger partial charge in [-0.25, -0.2) is 13.1 Å². The van der Waals surface area contributed by atoms with Crippen LogP contribution in [0.25, 0.3) is 0 Å². The van der Waals surface area contributed by atoms with Gasteiger partial charge in [0, 0.05) is 19.1 Å². The highest BCUT2D eigenvalue weighted by atomic mass is 32.2. The summed E-state index contributed by atoms with van der Waals surface area (Å²) in [6, 6.07) is -0.466. The summed E-state index contributed by atoms with van der Waals surface area (Å²) in [5, 5.41) is 0. The van der Waals surface area contributed by atoms with Gasteiger partial charge in [-0.05, 0) is 12.8 Å². The number of alkyl halides is 2. The fourth-order valence-electron chi connectivity index (χ4n) is 1.71. The van der Waals surface area contributed by atoms with Crippen molar-refractivity contribution in [1.29, 1.82) is 0 Å². The number of carbonyl (C=O) groups excluding carboxylic acids is 1. The minimum absolute atomic E-state index is 0.0102. The van der Waals surface area contributed by atoms with E-state index in [2.05, 4.69) is 4.72 Å². The van der Waals surface area contributed by atoms with Gasteiger partial charge in [-0.1, -0.05) is 0 Å². The summed E-state index contributed by atoms with van der Waals surface area (Å²) in [4.78, 5) is 12.0. The minimum Gasteiger partial charge on any atom is -0.336 e. The second kappa shape index (κ2) is 5.05. The molecule has 0 aromatic carbocycles. The number of nitrogens with one attached hydrogen (secondary N) is 1. The molecule has 5 nitrogen and oxygen atoms in total. The number of halogens is 2. The van der Waals surface area contributed by atoms with Crippen LogP contribution >= 0.6 is 0 Å². The van der Waals surface area contributed by atoms with E-state index in [-0.39, 0.29) is 13.1 Å². The summed E-state index contributed by atoms with van der Waals surface area (Å²) in [6.45, 7) is 0.265. The Bertz CT molecular complexity index is 358. The Hall–Kier alpha value is -0.760. The van der Waals surface area contributed by atoms with Crippen LogP contribution in [0.3, 0.4) is 0 Å². The number of piperidine rings is 1. The molecule has 1 rings (SSSR count). The molecule has 0 aliphatic carbocycles. The average Bonchev–Trinajstić information content (AvgIpc) is 2.14. The molecule has 0 radical (unpaired) electrons. The molecule has 0 saturated carbocycles. The van der Waals surface area contributed by atoms with Gasteiger partial charge in [-0.15, -0.1) is 0 Å². The quantitative estimate of drug-likeness (QED) is 0.760. The highest BCUT2D eigenvalue weighted by molar-refractivity contribution is 7.88. The van der Waals surface area contributed by atoms with Crippen LogP contribution in [-0.4, -0.2) is 51.0 Å². The van der Waals surface area contributed by atoms with E-state index in [1.807, 2.05) is 0 Å². The van der Waals surface area contributed by atoms with Crippen molar-refractivity contribution in [2.45, 2.75) is 25.3 Å². The predicted molar refractivity (Wildman–Crippen MR) is 53.6 cm³/mol. The molecule has 0 aromatic rings. The van der Waals surface area contributed by atoms with Gasteiger partial charge in [0.15, 0.2) is 0 Å². The number of nitrogens with zero attached hydrogens (tertiary/aromatic N) is 1. The molecule has 1 saturated heterocycles. The fourth-order valence-corrected chi connectivity index (χ4v) is 2.51. The van der Waals surface area contributed by atoms with Crippen molar-refractivity contribution >= 4 is 15.9 Å². The summed E-state index contributed by atoms with van der Waals surface area (Å²) in [6.07, 6.45) is -0.955. The number of carbonyl (C=O) groups is 1. The van der Waals surface area contributed by atoms with Gasteiger partial charge < -0.3 is 4.90 Å². The Kier molecular flexibility index (Phi) is 4.20. The van der Waals surface area contributed by atoms with E-state index < -0.39 is 28.4 Å². The van der Waals surface area contributed by atoms with E-state index in [4.69, 9.17) is 0 Å². The van der Waals surface area contributed by atoms with Crippen LogP contribution in [0, 0.1) is 0 Å². The fraction of sp³-hybridized carbons (Fsp3) is 0.875. The van der Waals surface area contributed by atoms with Crippen LogP contribution in [-0.2, 0) is 14.8 Å². The minimum atomic E-state index is -3.37.